The van der Waals surface area contributed by atoms with Crippen molar-refractivity contribution in [1.82, 2.24) is 0 Å². The second kappa shape index (κ2) is 13.5. The topological polar surface area (TPSA) is 241 Å². The Kier molecular flexibility index (Phi) is 25.2. The van der Waals surface area contributed by atoms with Crippen molar-refractivity contribution in [2.24, 2.45) is 0 Å². The molecule has 0 heterocycles. The third kappa shape index (κ3) is 803. The minimum Gasteiger partial charge on any atom is -0.759 e. The molecule has 0 aromatic rings. The fraction of sp³-hybridized carbons (Fsp3) is 0. The summed E-state index contributed by atoms with van der Waals surface area (Å²) in [4.78, 5) is 0. The van der Waals surface area contributed by atoms with Crippen LogP contribution in [0.25, 0.3) is 0 Å². The van der Waals surface area contributed by atoms with Crippen LogP contribution in [-0.4, -0.2) is 101 Å². The van der Waals surface area contributed by atoms with Gasteiger partial charge < -0.3 is 27.3 Å². The third-order valence-corrected chi connectivity index (χ3v) is 0. The molecule has 0 radical (unpaired) electrons. The van der Waals surface area contributed by atoms with Gasteiger partial charge in [-0.25, -0.2) is 0 Å². The van der Waals surface area contributed by atoms with Crippen LogP contribution < -0.4 is 0 Å². The Hall–Kier alpha value is 2.51. The molecule has 17 heavy (non-hydrogen) atoms. The van der Waals surface area contributed by atoms with Crippen LogP contribution in [0.15, 0.2) is 0 Å². The van der Waals surface area contributed by atoms with Gasteiger partial charge in [0.2, 0.25) is 0 Å². The first-order valence-corrected chi connectivity index (χ1v) is 6.00. The van der Waals surface area contributed by atoms with Crippen molar-refractivity contribution in [3.63, 3.8) is 0 Å². The van der Waals surface area contributed by atoms with E-state index in [1.54, 1.807) is 0 Å². The normalized spacial score (nSPS) is 10.2. The van der Waals surface area contributed by atoms with Gasteiger partial charge in [-0.2, -0.15) is 0 Å². The molecule has 0 aliphatic rings. The van der Waals surface area contributed by atoms with Crippen LogP contribution in [0.5, 0.6) is 0 Å². The molecule has 0 rings (SSSR count). The van der Waals surface area contributed by atoms with Gasteiger partial charge in [-0.15, -0.1) is 0 Å². The fourth-order valence-corrected chi connectivity index (χ4v) is 0. The maximum Gasteiger partial charge on any atom is 4.00 e. The van der Waals surface area contributed by atoms with Crippen LogP contribution >= 0.6 is 0 Å². The Morgan fingerprint density at radius 1 is 0.471 bits per heavy atom. The molecule has 0 atom stereocenters. The summed E-state index contributed by atoms with van der Waals surface area (Å²) in [7, 11) is -15.5. The molecule has 0 unspecified atom stereocenters. The molecular weight excluding hydrogens is 658 g/mol. The van der Waals surface area contributed by atoms with Crippen LogP contribution in [0, 0.1) is 39.9 Å². The Balaban J connectivity index is -0.0000000400. The molecule has 0 amide bonds. The molecule has 0 spiro atoms. The monoisotopic (exact) mass is 658 g/mol. The first kappa shape index (κ1) is 31.7. The molecule has 0 aromatic carbocycles. The number of hydrogen-bond acceptors (Lipinski definition) is 12. The first-order chi connectivity index (χ1) is 6.00. The van der Waals surface area contributed by atoms with Crippen LogP contribution in [-0.2, 0) is 31.2 Å². The van der Waals surface area contributed by atoms with Gasteiger partial charge in [0, 0.05) is 31.2 Å². The molecule has 12 nitrogen and oxygen atoms in total. The van der Waals surface area contributed by atoms with Crippen molar-refractivity contribution >= 4 is 80.1 Å². The maximum absolute atomic E-state index is 8.52. The van der Waals surface area contributed by atoms with Gasteiger partial charge in [0.1, 0.15) is 0 Å². The zero-order valence-corrected chi connectivity index (χ0v) is 18.3. The van der Waals surface area contributed by atoms with Gasteiger partial charge in [-0.1, -0.05) is 0 Å². The summed E-state index contributed by atoms with van der Waals surface area (Å²) in [5.41, 5.74) is 0. The van der Waals surface area contributed by atoms with E-state index in [-0.39, 0.29) is 88.8 Å². The van der Waals surface area contributed by atoms with Crippen molar-refractivity contribution in [1.29, 1.82) is 0 Å². The minimum absolute atomic E-state index is 0. The van der Waals surface area contributed by atoms with E-state index in [1.807, 2.05) is 0 Å². The summed E-state index contributed by atoms with van der Waals surface area (Å²) in [6.07, 6.45) is 0. The van der Waals surface area contributed by atoms with Crippen molar-refractivity contribution in [3.05, 3.63) is 0 Å². The van der Waals surface area contributed by atoms with Crippen molar-refractivity contribution < 1.29 is 92.5 Å². The standard InChI is InChI=1S/Ba.3H2O4S.Th/c;3*1-5(2,3)4;/h;3*(H2,1,2,3,4);/q+2;;;;+4/p-6. The Bertz CT molecular complexity index is 343. The van der Waals surface area contributed by atoms with E-state index < -0.39 is 31.2 Å². The second-order valence-corrected chi connectivity index (χ2v) is 3.67. The summed E-state index contributed by atoms with van der Waals surface area (Å²) in [5.74, 6) is 0. The average molecular weight is 658 g/mol. The molecule has 0 bridgehead atoms. The van der Waals surface area contributed by atoms with Gasteiger partial charge in [0.05, 0.1) is 0 Å². The van der Waals surface area contributed by atoms with E-state index in [0.717, 1.165) is 0 Å². The number of hydrogen-bond donors (Lipinski definition) is 0. The largest absolute Gasteiger partial charge is 4.00 e. The van der Waals surface area contributed by atoms with Crippen molar-refractivity contribution in [3.8, 4) is 0 Å². The predicted octanol–water partition coefficient (Wildman–Crippen LogP) is -4.39. The fourth-order valence-electron chi connectivity index (χ4n) is 0. The van der Waals surface area contributed by atoms with Crippen LogP contribution in [0.3, 0.4) is 0 Å². The summed E-state index contributed by atoms with van der Waals surface area (Å²) < 4.78 is 102. The first-order valence-electron chi connectivity index (χ1n) is 2.00. The zero-order chi connectivity index (χ0) is 13.5. The predicted molar refractivity (Wildman–Crippen MR) is 37.2 cm³/mol. The Morgan fingerprint density at radius 2 is 0.471 bits per heavy atom. The summed E-state index contributed by atoms with van der Waals surface area (Å²) in [6.45, 7) is 0. The van der Waals surface area contributed by atoms with E-state index >= 15 is 0 Å². The van der Waals surface area contributed by atoms with Gasteiger partial charge in [-0.3, -0.25) is 25.3 Å². The van der Waals surface area contributed by atoms with E-state index in [0.29, 0.717) is 0 Å². The molecule has 0 N–H and O–H groups in total. The molecular formula is BaO12S3Th. The third-order valence-electron chi connectivity index (χ3n) is 0. The molecule has 0 fully saturated rings. The van der Waals surface area contributed by atoms with Crippen molar-refractivity contribution in [2.45, 2.75) is 0 Å². The number of rotatable bonds is 0. The molecule has 0 saturated heterocycles. The van der Waals surface area contributed by atoms with Gasteiger partial charge in [-0.05, 0) is 0 Å². The molecule has 0 aliphatic carbocycles. The smallest absolute Gasteiger partial charge is 0.759 e. The summed E-state index contributed by atoms with van der Waals surface area (Å²) >= 11 is 0. The van der Waals surface area contributed by atoms with Gasteiger partial charge >= 0.3 is 88.8 Å². The Morgan fingerprint density at radius 3 is 0.471 bits per heavy atom. The van der Waals surface area contributed by atoms with E-state index in [4.69, 9.17) is 52.6 Å². The molecule has 0 aromatic heterocycles. The maximum atomic E-state index is 8.52. The molecule has 96 valence electrons. The van der Waals surface area contributed by atoms with Crippen molar-refractivity contribution in [2.75, 3.05) is 0 Å². The molecule has 0 saturated carbocycles. The molecule has 0 aliphatic heterocycles. The second-order valence-electron chi connectivity index (χ2n) is 1.22. The quantitative estimate of drug-likeness (QED) is 0.136. The van der Waals surface area contributed by atoms with Gasteiger partial charge in [0.25, 0.3) is 0 Å². The Labute approximate surface area is 169 Å². The van der Waals surface area contributed by atoms with Crippen LogP contribution in [0.1, 0.15) is 0 Å². The molecule has 17 heteroatoms. The zero-order valence-electron chi connectivity index (χ0n) is 7.33. The van der Waals surface area contributed by atoms with Crippen LogP contribution in [0.4, 0.5) is 0 Å². The summed E-state index contributed by atoms with van der Waals surface area (Å²) in [6, 6.07) is 0. The van der Waals surface area contributed by atoms with Crippen LogP contribution in [0.2, 0.25) is 0 Å². The van der Waals surface area contributed by atoms with Gasteiger partial charge in [0.15, 0.2) is 0 Å². The van der Waals surface area contributed by atoms with E-state index in [1.165, 1.54) is 0 Å². The SMILES string of the molecule is O=S(=O)([O-])[O-].O=S(=O)([O-])[O-].O=S(=O)([O-])[O-].[Ba+2].[Th+4]. The minimum atomic E-state index is -5.17. The van der Waals surface area contributed by atoms with E-state index in [9.17, 15) is 0 Å². The summed E-state index contributed by atoms with van der Waals surface area (Å²) in [5, 5.41) is 0. The average Bonchev–Trinajstić information content (AvgIpc) is 1.41. The van der Waals surface area contributed by atoms with E-state index in [2.05, 4.69) is 0 Å².